The highest BCUT2D eigenvalue weighted by Crippen LogP contribution is 2.25. The van der Waals surface area contributed by atoms with E-state index in [2.05, 4.69) is 10.3 Å². The zero-order valence-electron chi connectivity index (χ0n) is 11.1. The van der Waals surface area contributed by atoms with Crippen molar-refractivity contribution < 1.29 is 14.2 Å². The van der Waals surface area contributed by atoms with Gasteiger partial charge < -0.3 is 9.84 Å². The van der Waals surface area contributed by atoms with E-state index in [4.69, 9.17) is 4.74 Å². The molecule has 0 bridgehead atoms. The molecule has 0 saturated carbocycles. The van der Waals surface area contributed by atoms with Gasteiger partial charge in [-0.15, -0.1) is 5.10 Å². The third-order valence-electron chi connectivity index (χ3n) is 3.62. The Kier molecular flexibility index (Phi) is 3.50. The first-order valence-corrected chi connectivity index (χ1v) is 6.59. The highest BCUT2D eigenvalue weighted by Gasteiger charge is 2.32. The normalized spacial score (nSPS) is 26.6. The van der Waals surface area contributed by atoms with Crippen LogP contribution in [-0.2, 0) is 4.74 Å². The van der Waals surface area contributed by atoms with Gasteiger partial charge in [-0.1, -0.05) is 24.3 Å². The second-order valence-corrected chi connectivity index (χ2v) is 5.17. The third-order valence-corrected chi connectivity index (χ3v) is 3.62. The van der Waals surface area contributed by atoms with E-state index in [-0.39, 0.29) is 17.8 Å². The molecular formula is C14H16FN3O2. The van der Waals surface area contributed by atoms with Crippen LogP contribution >= 0.6 is 0 Å². The molecule has 1 fully saturated rings. The highest BCUT2D eigenvalue weighted by atomic mass is 19.1. The summed E-state index contributed by atoms with van der Waals surface area (Å²) in [4.78, 5) is 0. The molecule has 20 heavy (non-hydrogen) atoms. The first-order valence-electron chi connectivity index (χ1n) is 6.59. The molecule has 3 rings (SSSR count). The zero-order valence-corrected chi connectivity index (χ0v) is 11.1. The number of nitrogens with zero attached hydrogens (tertiary/aromatic N) is 3. The summed E-state index contributed by atoms with van der Waals surface area (Å²) in [5.74, 6) is -0.262. The predicted octanol–water partition coefficient (Wildman–Crippen LogP) is 1.65. The van der Waals surface area contributed by atoms with Gasteiger partial charge in [-0.25, -0.2) is 9.07 Å². The van der Waals surface area contributed by atoms with Crippen LogP contribution in [-0.4, -0.2) is 39.4 Å². The van der Waals surface area contributed by atoms with E-state index in [1.54, 1.807) is 23.0 Å². The van der Waals surface area contributed by atoms with Crippen molar-refractivity contribution in [2.75, 3.05) is 13.2 Å². The van der Waals surface area contributed by atoms with Crippen molar-refractivity contribution in [1.82, 2.24) is 15.0 Å². The topological polar surface area (TPSA) is 60.2 Å². The minimum Gasteiger partial charge on any atom is -0.390 e. The molecule has 5 nitrogen and oxygen atoms in total. The van der Waals surface area contributed by atoms with Crippen LogP contribution in [0, 0.1) is 11.7 Å². The van der Waals surface area contributed by atoms with Crippen LogP contribution in [0.25, 0.3) is 11.3 Å². The lowest BCUT2D eigenvalue weighted by Crippen LogP contribution is -2.40. The largest absolute Gasteiger partial charge is 0.390 e. The molecule has 1 aromatic carbocycles. The Hall–Kier alpha value is -1.79. The Morgan fingerprint density at radius 3 is 3.05 bits per heavy atom. The van der Waals surface area contributed by atoms with Gasteiger partial charge in [-0.2, -0.15) is 0 Å². The van der Waals surface area contributed by atoms with Crippen LogP contribution in [0.4, 0.5) is 4.39 Å². The minimum absolute atomic E-state index is 0.0515. The molecular weight excluding hydrogens is 261 g/mol. The summed E-state index contributed by atoms with van der Waals surface area (Å²) in [6.07, 6.45) is 1.19. The van der Waals surface area contributed by atoms with Gasteiger partial charge in [-0.3, -0.25) is 0 Å². The zero-order chi connectivity index (χ0) is 14.1. The average Bonchev–Trinajstić information content (AvgIpc) is 2.91. The molecule has 6 heteroatoms. The fourth-order valence-corrected chi connectivity index (χ4v) is 2.40. The summed E-state index contributed by atoms with van der Waals surface area (Å²) in [6.45, 7) is 2.88. The minimum atomic E-state index is -0.522. The molecule has 2 heterocycles. The summed E-state index contributed by atoms with van der Waals surface area (Å²) in [5, 5.41) is 18.3. The summed E-state index contributed by atoms with van der Waals surface area (Å²) >= 11 is 0. The molecule has 0 spiro atoms. The fourth-order valence-electron chi connectivity index (χ4n) is 2.40. The van der Waals surface area contributed by atoms with Crippen molar-refractivity contribution in [3.8, 4) is 11.3 Å². The second kappa shape index (κ2) is 5.30. The number of ether oxygens (including phenoxy) is 1. The van der Waals surface area contributed by atoms with E-state index in [1.165, 1.54) is 12.1 Å². The van der Waals surface area contributed by atoms with Gasteiger partial charge in [0.25, 0.3) is 0 Å². The Morgan fingerprint density at radius 2 is 2.25 bits per heavy atom. The quantitative estimate of drug-likeness (QED) is 0.906. The monoisotopic (exact) mass is 277 g/mol. The van der Waals surface area contributed by atoms with E-state index in [0.29, 0.717) is 24.5 Å². The SMILES string of the molecule is C[C@@H]1COC[C@H](n2cc(-c3cccc(F)c3)nn2)[C@H]1O. The Balaban J connectivity index is 1.86. The molecule has 0 radical (unpaired) electrons. The smallest absolute Gasteiger partial charge is 0.123 e. The van der Waals surface area contributed by atoms with Gasteiger partial charge in [0.05, 0.1) is 25.5 Å². The lowest BCUT2D eigenvalue weighted by molar-refractivity contribution is -0.0708. The number of aliphatic hydroxyl groups excluding tert-OH is 1. The van der Waals surface area contributed by atoms with Crippen molar-refractivity contribution in [1.29, 1.82) is 0 Å². The number of aliphatic hydroxyl groups is 1. The molecule has 0 unspecified atom stereocenters. The van der Waals surface area contributed by atoms with Crippen molar-refractivity contribution >= 4 is 0 Å². The average molecular weight is 277 g/mol. The molecule has 106 valence electrons. The van der Waals surface area contributed by atoms with Gasteiger partial charge in [-0.05, 0) is 12.1 Å². The molecule has 1 aliphatic rings. The number of benzene rings is 1. The van der Waals surface area contributed by atoms with Crippen LogP contribution in [0.5, 0.6) is 0 Å². The lowest BCUT2D eigenvalue weighted by Gasteiger charge is -2.32. The standard InChI is InChI=1S/C14H16FN3O2/c1-9-7-20-8-13(14(9)19)18-6-12(16-17-18)10-3-2-4-11(15)5-10/h2-6,9,13-14,19H,7-8H2,1H3/t9-,13+,14+/m1/s1. The lowest BCUT2D eigenvalue weighted by atomic mass is 9.97. The summed E-state index contributed by atoms with van der Waals surface area (Å²) < 4.78 is 20.3. The van der Waals surface area contributed by atoms with Gasteiger partial charge in [0, 0.05) is 11.5 Å². The molecule has 1 N–H and O–H groups in total. The summed E-state index contributed by atoms with van der Waals surface area (Å²) in [5.41, 5.74) is 1.24. The molecule has 0 aliphatic carbocycles. The number of halogens is 1. The highest BCUT2D eigenvalue weighted by molar-refractivity contribution is 5.57. The maximum absolute atomic E-state index is 13.2. The van der Waals surface area contributed by atoms with E-state index in [1.807, 2.05) is 6.92 Å². The van der Waals surface area contributed by atoms with Crippen LogP contribution in [0.15, 0.2) is 30.5 Å². The first-order chi connectivity index (χ1) is 9.65. The number of rotatable bonds is 2. The molecule has 0 amide bonds. The van der Waals surface area contributed by atoms with Crippen molar-refractivity contribution in [3.05, 3.63) is 36.3 Å². The summed E-state index contributed by atoms with van der Waals surface area (Å²) in [6, 6.07) is 5.94. The number of hydrogen-bond donors (Lipinski definition) is 1. The summed E-state index contributed by atoms with van der Waals surface area (Å²) in [7, 11) is 0. The van der Waals surface area contributed by atoms with Crippen LogP contribution < -0.4 is 0 Å². The predicted molar refractivity (Wildman–Crippen MR) is 70.4 cm³/mol. The third kappa shape index (κ3) is 2.44. The van der Waals surface area contributed by atoms with Crippen molar-refractivity contribution in [3.63, 3.8) is 0 Å². The Bertz CT molecular complexity index is 602. The van der Waals surface area contributed by atoms with Crippen LogP contribution in [0.1, 0.15) is 13.0 Å². The van der Waals surface area contributed by atoms with Crippen LogP contribution in [0.2, 0.25) is 0 Å². The van der Waals surface area contributed by atoms with Crippen molar-refractivity contribution in [2.45, 2.75) is 19.1 Å². The number of aromatic nitrogens is 3. The van der Waals surface area contributed by atoms with Gasteiger partial charge in [0.1, 0.15) is 17.6 Å². The molecule has 1 saturated heterocycles. The number of hydrogen-bond acceptors (Lipinski definition) is 4. The Labute approximate surface area is 116 Å². The molecule has 1 aromatic heterocycles. The van der Waals surface area contributed by atoms with E-state index in [0.717, 1.165) is 0 Å². The Morgan fingerprint density at radius 1 is 1.40 bits per heavy atom. The molecule has 2 aromatic rings. The fraction of sp³-hybridized carbons (Fsp3) is 0.429. The molecule has 3 atom stereocenters. The maximum Gasteiger partial charge on any atom is 0.123 e. The van der Waals surface area contributed by atoms with Gasteiger partial charge in [0.2, 0.25) is 0 Å². The van der Waals surface area contributed by atoms with Gasteiger partial charge >= 0.3 is 0 Å². The van der Waals surface area contributed by atoms with Crippen molar-refractivity contribution in [2.24, 2.45) is 5.92 Å². The van der Waals surface area contributed by atoms with Gasteiger partial charge in [0.15, 0.2) is 0 Å². The van der Waals surface area contributed by atoms with E-state index < -0.39 is 6.10 Å². The molecule has 1 aliphatic heterocycles. The second-order valence-electron chi connectivity index (χ2n) is 5.17. The first kappa shape index (κ1) is 13.2. The van der Waals surface area contributed by atoms with E-state index in [9.17, 15) is 9.50 Å². The van der Waals surface area contributed by atoms with Crippen LogP contribution in [0.3, 0.4) is 0 Å². The van der Waals surface area contributed by atoms with E-state index >= 15 is 0 Å². The maximum atomic E-state index is 13.2.